The van der Waals surface area contributed by atoms with Gasteiger partial charge in [0.1, 0.15) is 0 Å². The fraction of sp³-hybridized carbons (Fsp3) is 0.312. The standard InChI is InChI=1S/C16H17BrN4O2/c1-9-14(17)10(2)21(20-9)13-7-5-12(6-8-13)16(23)19-18-15(22)11-3-4-11/h5-8,11H,3-4H2,1-2H3,(H,18,22)(H,19,23). The molecule has 23 heavy (non-hydrogen) atoms. The van der Waals surface area contributed by atoms with Gasteiger partial charge in [0.25, 0.3) is 5.91 Å². The van der Waals surface area contributed by atoms with Crippen LogP contribution in [0.1, 0.15) is 34.6 Å². The van der Waals surface area contributed by atoms with Crippen LogP contribution < -0.4 is 10.9 Å². The number of nitrogens with one attached hydrogen (secondary N) is 2. The first-order chi connectivity index (χ1) is 11.0. The van der Waals surface area contributed by atoms with Crippen LogP contribution in [0.2, 0.25) is 0 Å². The SMILES string of the molecule is Cc1nn(-c2ccc(C(=O)NNC(=O)C3CC3)cc2)c(C)c1Br. The molecule has 120 valence electrons. The smallest absolute Gasteiger partial charge is 0.269 e. The Labute approximate surface area is 142 Å². The fourth-order valence-corrected chi connectivity index (χ4v) is 2.51. The van der Waals surface area contributed by atoms with Crippen molar-refractivity contribution >= 4 is 27.7 Å². The largest absolute Gasteiger partial charge is 0.273 e. The van der Waals surface area contributed by atoms with E-state index in [2.05, 4.69) is 31.9 Å². The maximum Gasteiger partial charge on any atom is 0.269 e. The number of nitrogens with zero attached hydrogens (tertiary/aromatic N) is 2. The van der Waals surface area contributed by atoms with Gasteiger partial charge in [0.05, 0.1) is 21.5 Å². The number of carbonyl (C=O) groups excluding carboxylic acids is 2. The highest BCUT2D eigenvalue weighted by molar-refractivity contribution is 9.10. The molecule has 2 amide bonds. The maximum atomic E-state index is 12.0. The highest BCUT2D eigenvalue weighted by Crippen LogP contribution is 2.28. The first kappa shape index (κ1) is 15.7. The third-order valence-corrected chi connectivity index (χ3v) is 4.97. The van der Waals surface area contributed by atoms with Crippen LogP contribution in [0.3, 0.4) is 0 Å². The van der Waals surface area contributed by atoms with Crippen LogP contribution >= 0.6 is 15.9 Å². The molecule has 1 fully saturated rings. The van der Waals surface area contributed by atoms with Crippen molar-refractivity contribution in [3.8, 4) is 5.69 Å². The summed E-state index contributed by atoms with van der Waals surface area (Å²) < 4.78 is 2.79. The molecule has 1 saturated carbocycles. The van der Waals surface area contributed by atoms with E-state index < -0.39 is 0 Å². The van der Waals surface area contributed by atoms with Crippen molar-refractivity contribution in [1.29, 1.82) is 0 Å². The number of hydrazine groups is 1. The van der Waals surface area contributed by atoms with E-state index in [9.17, 15) is 9.59 Å². The third kappa shape index (κ3) is 3.29. The zero-order valence-electron chi connectivity index (χ0n) is 12.9. The molecule has 0 bridgehead atoms. The van der Waals surface area contributed by atoms with Gasteiger partial charge in [-0.2, -0.15) is 5.10 Å². The monoisotopic (exact) mass is 376 g/mol. The lowest BCUT2D eigenvalue weighted by atomic mass is 10.2. The van der Waals surface area contributed by atoms with Gasteiger partial charge in [0, 0.05) is 11.5 Å². The second kappa shape index (κ2) is 6.16. The lowest BCUT2D eigenvalue weighted by Gasteiger charge is -2.08. The molecule has 1 heterocycles. The normalized spacial score (nSPS) is 13.7. The number of halogens is 1. The summed E-state index contributed by atoms with van der Waals surface area (Å²) in [6.07, 6.45) is 1.79. The average molecular weight is 377 g/mol. The summed E-state index contributed by atoms with van der Waals surface area (Å²) in [4.78, 5) is 23.5. The molecule has 0 radical (unpaired) electrons. The summed E-state index contributed by atoms with van der Waals surface area (Å²) in [5.41, 5.74) is 8.14. The van der Waals surface area contributed by atoms with E-state index in [-0.39, 0.29) is 17.7 Å². The molecule has 3 rings (SSSR count). The van der Waals surface area contributed by atoms with E-state index in [0.717, 1.165) is 34.4 Å². The van der Waals surface area contributed by atoms with Crippen LogP contribution in [-0.4, -0.2) is 21.6 Å². The molecule has 2 N–H and O–H groups in total. The van der Waals surface area contributed by atoms with E-state index in [1.165, 1.54) is 0 Å². The Kier molecular flexibility index (Phi) is 4.21. The first-order valence-corrected chi connectivity index (χ1v) is 8.19. The minimum Gasteiger partial charge on any atom is -0.273 e. The molecule has 1 aliphatic carbocycles. The highest BCUT2D eigenvalue weighted by Gasteiger charge is 2.29. The van der Waals surface area contributed by atoms with Crippen LogP contribution in [-0.2, 0) is 4.79 Å². The number of amides is 2. The summed E-state index contributed by atoms with van der Waals surface area (Å²) in [5.74, 6) is -0.398. The molecule has 1 aromatic heterocycles. The van der Waals surface area contributed by atoms with E-state index in [4.69, 9.17) is 0 Å². The molecule has 0 saturated heterocycles. The molecule has 0 aliphatic heterocycles. The molecule has 2 aromatic rings. The van der Waals surface area contributed by atoms with Crippen LogP contribution in [0.4, 0.5) is 0 Å². The zero-order chi connectivity index (χ0) is 16.6. The van der Waals surface area contributed by atoms with Crippen molar-refractivity contribution in [1.82, 2.24) is 20.6 Å². The molecule has 6 nitrogen and oxygen atoms in total. The predicted molar refractivity (Wildman–Crippen MR) is 89.1 cm³/mol. The van der Waals surface area contributed by atoms with Crippen molar-refractivity contribution in [3.05, 3.63) is 45.7 Å². The van der Waals surface area contributed by atoms with Gasteiger partial charge >= 0.3 is 0 Å². The molecule has 0 unspecified atom stereocenters. The minimum absolute atomic E-state index is 0.0575. The van der Waals surface area contributed by atoms with Crippen molar-refractivity contribution in [2.24, 2.45) is 5.92 Å². The zero-order valence-corrected chi connectivity index (χ0v) is 14.5. The Morgan fingerprint density at radius 1 is 1.17 bits per heavy atom. The topological polar surface area (TPSA) is 76.0 Å². The Balaban J connectivity index is 1.69. The van der Waals surface area contributed by atoms with E-state index in [1.807, 2.05) is 30.7 Å². The minimum atomic E-state index is -0.333. The van der Waals surface area contributed by atoms with E-state index in [0.29, 0.717) is 5.56 Å². The second-order valence-electron chi connectivity index (χ2n) is 5.66. The number of hydrogen-bond donors (Lipinski definition) is 2. The Hall–Kier alpha value is -2.15. The number of aryl methyl sites for hydroxylation is 1. The molecule has 0 atom stereocenters. The first-order valence-electron chi connectivity index (χ1n) is 7.39. The number of aromatic nitrogens is 2. The number of hydrogen-bond acceptors (Lipinski definition) is 3. The van der Waals surface area contributed by atoms with Crippen LogP contribution in [0, 0.1) is 19.8 Å². The fourth-order valence-electron chi connectivity index (χ4n) is 2.27. The Morgan fingerprint density at radius 2 is 1.83 bits per heavy atom. The highest BCUT2D eigenvalue weighted by atomic mass is 79.9. The van der Waals surface area contributed by atoms with Crippen molar-refractivity contribution in [2.75, 3.05) is 0 Å². The summed E-state index contributed by atoms with van der Waals surface area (Å²) in [5, 5.41) is 4.45. The van der Waals surface area contributed by atoms with Crippen LogP contribution in [0.25, 0.3) is 5.69 Å². The van der Waals surface area contributed by atoms with Gasteiger partial charge in [-0.15, -0.1) is 0 Å². The number of rotatable bonds is 3. The van der Waals surface area contributed by atoms with Gasteiger partial charge in [-0.1, -0.05) is 0 Å². The van der Waals surface area contributed by atoms with E-state index >= 15 is 0 Å². The molecule has 7 heteroatoms. The van der Waals surface area contributed by atoms with Gasteiger partial charge in [-0.25, -0.2) is 4.68 Å². The quantitative estimate of drug-likeness (QED) is 0.807. The molecule has 0 spiro atoms. The summed E-state index contributed by atoms with van der Waals surface area (Å²) in [7, 11) is 0. The molecule has 1 aliphatic rings. The second-order valence-corrected chi connectivity index (χ2v) is 6.45. The average Bonchev–Trinajstić information content (AvgIpc) is 3.37. The van der Waals surface area contributed by atoms with Crippen LogP contribution in [0.15, 0.2) is 28.7 Å². The van der Waals surface area contributed by atoms with Crippen molar-refractivity contribution < 1.29 is 9.59 Å². The molecule has 1 aromatic carbocycles. The molecular weight excluding hydrogens is 360 g/mol. The Bertz CT molecular complexity index is 763. The van der Waals surface area contributed by atoms with Gasteiger partial charge in [0.15, 0.2) is 0 Å². The van der Waals surface area contributed by atoms with Gasteiger partial charge in [-0.05, 0) is 66.9 Å². The predicted octanol–water partition coefficient (Wildman–Crippen LogP) is 2.42. The van der Waals surface area contributed by atoms with Crippen molar-refractivity contribution in [2.45, 2.75) is 26.7 Å². The van der Waals surface area contributed by atoms with Gasteiger partial charge < -0.3 is 0 Å². The lowest BCUT2D eigenvalue weighted by Crippen LogP contribution is -2.42. The Morgan fingerprint density at radius 3 is 2.35 bits per heavy atom. The maximum absolute atomic E-state index is 12.0. The van der Waals surface area contributed by atoms with Gasteiger partial charge in [-0.3, -0.25) is 20.4 Å². The van der Waals surface area contributed by atoms with Crippen molar-refractivity contribution in [3.63, 3.8) is 0 Å². The van der Waals surface area contributed by atoms with Crippen LogP contribution in [0.5, 0.6) is 0 Å². The van der Waals surface area contributed by atoms with Gasteiger partial charge in [0.2, 0.25) is 5.91 Å². The number of carbonyl (C=O) groups is 2. The summed E-state index contributed by atoms with van der Waals surface area (Å²) >= 11 is 3.50. The molecular formula is C16H17BrN4O2. The third-order valence-electron chi connectivity index (χ3n) is 3.82. The number of benzene rings is 1. The lowest BCUT2D eigenvalue weighted by molar-refractivity contribution is -0.123. The van der Waals surface area contributed by atoms with E-state index in [1.54, 1.807) is 12.1 Å². The summed E-state index contributed by atoms with van der Waals surface area (Å²) in [6, 6.07) is 7.06. The summed E-state index contributed by atoms with van der Waals surface area (Å²) in [6.45, 7) is 3.90.